The number of rotatable bonds is 5. The molecule has 0 saturated carbocycles. The number of nitrogens with one attached hydrogen (secondary N) is 1. The number of ether oxygens (including phenoxy) is 1. The molecule has 2 rings (SSSR count). The van der Waals surface area contributed by atoms with Gasteiger partial charge in [0.15, 0.2) is 0 Å². The highest BCUT2D eigenvalue weighted by Gasteiger charge is 2.12. The third-order valence-corrected chi connectivity index (χ3v) is 2.71. The van der Waals surface area contributed by atoms with Crippen molar-refractivity contribution in [2.45, 2.75) is 19.4 Å². The molecule has 0 unspecified atom stereocenters. The van der Waals surface area contributed by atoms with Crippen molar-refractivity contribution >= 4 is 5.91 Å². The minimum absolute atomic E-state index is 0.0628. The summed E-state index contributed by atoms with van der Waals surface area (Å²) in [5, 5.41) is 2.87. The van der Waals surface area contributed by atoms with Gasteiger partial charge in [-0.05, 0) is 13.0 Å². The summed E-state index contributed by atoms with van der Waals surface area (Å²) in [4.78, 5) is 24.2. The monoisotopic (exact) mass is 272 g/mol. The molecule has 2 heterocycles. The van der Waals surface area contributed by atoms with Crippen molar-refractivity contribution in [1.29, 1.82) is 0 Å². The maximum Gasteiger partial charge on any atom is 0.270 e. The second-order valence-corrected chi connectivity index (χ2v) is 4.36. The van der Waals surface area contributed by atoms with Crippen LogP contribution >= 0.6 is 0 Å². The SMILES string of the molecule is COc1ccnc(C(=O)N[C@H](C)Cc2cnccn2)c1. The fourth-order valence-electron chi connectivity index (χ4n) is 1.76. The summed E-state index contributed by atoms with van der Waals surface area (Å²) in [5.41, 5.74) is 1.16. The smallest absolute Gasteiger partial charge is 0.270 e. The molecule has 0 spiro atoms. The quantitative estimate of drug-likeness (QED) is 0.886. The Morgan fingerprint density at radius 3 is 2.90 bits per heavy atom. The van der Waals surface area contributed by atoms with Crippen molar-refractivity contribution in [3.05, 3.63) is 48.3 Å². The minimum atomic E-state index is -0.236. The first-order chi connectivity index (χ1) is 9.69. The lowest BCUT2D eigenvalue weighted by Gasteiger charge is -2.13. The lowest BCUT2D eigenvalue weighted by molar-refractivity contribution is 0.0934. The average molecular weight is 272 g/mol. The lowest BCUT2D eigenvalue weighted by atomic mass is 10.2. The molecule has 0 bridgehead atoms. The first-order valence-electron chi connectivity index (χ1n) is 6.25. The fraction of sp³-hybridized carbons (Fsp3) is 0.286. The van der Waals surface area contributed by atoms with Crippen molar-refractivity contribution in [2.24, 2.45) is 0 Å². The van der Waals surface area contributed by atoms with Crippen LogP contribution in [0.5, 0.6) is 5.75 Å². The summed E-state index contributed by atoms with van der Waals surface area (Å²) in [5.74, 6) is 0.368. The van der Waals surface area contributed by atoms with Crippen molar-refractivity contribution in [1.82, 2.24) is 20.3 Å². The van der Waals surface area contributed by atoms with E-state index < -0.39 is 0 Å². The molecule has 6 nitrogen and oxygen atoms in total. The van der Waals surface area contributed by atoms with Crippen molar-refractivity contribution < 1.29 is 9.53 Å². The molecule has 20 heavy (non-hydrogen) atoms. The third-order valence-electron chi connectivity index (χ3n) is 2.71. The van der Waals surface area contributed by atoms with Crippen LogP contribution in [-0.4, -0.2) is 34.0 Å². The van der Waals surface area contributed by atoms with E-state index in [0.717, 1.165) is 5.69 Å². The van der Waals surface area contributed by atoms with E-state index in [4.69, 9.17) is 4.74 Å². The molecule has 2 aromatic rings. The molecule has 0 aliphatic heterocycles. The molecule has 6 heteroatoms. The van der Waals surface area contributed by atoms with Gasteiger partial charge in [-0.15, -0.1) is 0 Å². The summed E-state index contributed by atoms with van der Waals surface area (Å²) in [6, 6.07) is 3.23. The number of hydrogen-bond acceptors (Lipinski definition) is 5. The van der Waals surface area contributed by atoms with Gasteiger partial charge in [0.1, 0.15) is 11.4 Å². The zero-order chi connectivity index (χ0) is 14.4. The number of carbonyl (C=O) groups excluding carboxylic acids is 1. The van der Waals surface area contributed by atoms with E-state index in [9.17, 15) is 4.79 Å². The maximum atomic E-state index is 12.0. The van der Waals surface area contributed by atoms with Gasteiger partial charge in [0.2, 0.25) is 0 Å². The highest BCUT2D eigenvalue weighted by Crippen LogP contribution is 2.10. The second kappa shape index (κ2) is 6.60. The Labute approximate surface area is 117 Å². The Kier molecular flexibility index (Phi) is 4.60. The molecule has 0 fully saturated rings. The lowest BCUT2D eigenvalue weighted by Crippen LogP contribution is -2.34. The molecule has 1 N–H and O–H groups in total. The molecule has 0 aliphatic carbocycles. The van der Waals surface area contributed by atoms with Gasteiger partial charge in [-0.2, -0.15) is 0 Å². The maximum absolute atomic E-state index is 12.0. The Morgan fingerprint density at radius 2 is 2.20 bits per heavy atom. The highest BCUT2D eigenvalue weighted by molar-refractivity contribution is 5.92. The van der Waals surface area contributed by atoms with Gasteiger partial charge in [-0.25, -0.2) is 0 Å². The number of carbonyl (C=O) groups is 1. The van der Waals surface area contributed by atoms with E-state index in [1.165, 1.54) is 0 Å². The third kappa shape index (κ3) is 3.74. The van der Waals surface area contributed by atoms with E-state index >= 15 is 0 Å². The van der Waals surface area contributed by atoms with Crippen LogP contribution < -0.4 is 10.1 Å². The van der Waals surface area contributed by atoms with Gasteiger partial charge in [0.05, 0.1) is 12.8 Å². The molecule has 0 aliphatic rings. The van der Waals surface area contributed by atoms with Gasteiger partial charge in [-0.3, -0.25) is 19.7 Å². The molecule has 104 valence electrons. The Bertz CT molecular complexity index is 574. The zero-order valence-electron chi connectivity index (χ0n) is 11.4. The van der Waals surface area contributed by atoms with Crippen molar-refractivity contribution in [3.8, 4) is 5.75 Å². The number of amides is 1. The summed E-state index contributed by atoms with van der Waals surface area (Å²) >= 11 is 0. The van der Waals surface area contributed by atoms with Gasteiger partial charge in [0, 0.05) is 43.3 Å². The topological polar surface area (TPSA) is 77.0 Å². The predicted molar refractivity (Wildman–Crippen MR) is 73.5 cm³/mol. The summed E-state index contributed by atoms with van der Waals surface area (Å²) in [6.45, 7) is 1.91. The van der Waals surface area contributed by atoms with Crippen molar-refractivity contribution in [3.63, 3.8) is 0 Å². The molecular formula is C14H16N4O2. The van der Waals surface area contributed by atoms with E-state index in [-0.39, 0.29) is 11.9 Å². The molecule has 2 aromatic heterocycles. The molecule has 0 aromatic carbocycles. The van der Waals surface area contributed by atoms with Crippen LogP contribution in [0.25, 0.3) is 0 Å². The van der Waals surface area contributed by atoms with Crippen LogP contribution in [0.3, 0.4) is 0 Å². The summed E-state index contributed by atoms with van der Waals surface area (Å²) < 4.78 is 5.07. The van der Waals surface area contributed by atoms with Gasteiger partial charge in [0.25, 0.3) is 5.91 Å². The largest absolute Gasteiger partial charge is 0.497 e. The second-order valence-electron chi connectivity index (χ2n) is 4.36. The van der Waals surface area contributed by atoms with Crippen molar-refractivity contribution in [2.75, 3.05) is 7.11 Å². The van der Waals surface area contributed by atoms with Crippen LogP contribution in [0.4, 0.5) is 0 Å². The first kappa shape index (κ1) is 13.9. The fourth-order valence-corrected chi connectivity index (χ4v) is 1.76. The van der Waals surface area contributed by atoms with E-state index in [0.29, 0.717) is 17.9 Å². The Balaban J connectivity index is 1.96. The van der Waals surface area contributed by atoms with Crippen LogP contribution in [-0.2, 0) is 6.42 Å². The molecule has 0 radical (unpaired) electrons. The molecule has 0 saturated heterocycles. The normalized spacial score (nSPS) is 11.7. The number of nitrogens with zero attached hydrogens (tertiary/aromatic N) is 3. The predicted octanol–water partition coefficient (Wildman–Crippen LogP) is 1.24. The summed E-state index contributed by atoms with van der Waals surface area (Å²) in [6.07, 6.45) is 7.09. The number of hydrogen-bond donors (Lipinski definition) is 1. The van der Waals surface area contributed by atoms with E-state index in [2.05, 4.69) is 20.3 Å². The number of methoxy groups -OCH3 is 1. The van der Waals surface area contributed by atoms with E-state index in [1.807, 2.05) is 6.92 Å². The highest BCUT2D eigenvalue weighted by atomic mass is 16.5. The minimum Gasteiger partial charge on any atom is -0.497 e. The average Bonchev–Trinajstić information content (AvgIpc) is 2.48. The number of aromatic nitrogens is 3. The Morgan fingerprint density at radius 1 is 1.35 bits per heavy atom. The molecule has 1 amide bonds. The first-order valence-corrected chi connectivity index (χ1v) is 6.25. The summed E-state index contributed by atoms with van der Waals surface area (Å²) in [7, 11) is 1.55. The van der Waals surface area contributed by atoms with Gasteiger partial charge < -0.3 is 10.1 Å². The number of pyridine rings is 1. The van der Waals surface area contributed by atoms with Crippen LogP contribution in [0, 0.1) is 0 Å². The Hall–Kier alpha value is -2.50. The standard InChI is InChI=1S/C14H16N4O2/c1-10(7-11-9-15-5-6-16-11)18-14(19)13-8-12(20-2)3-4-17-13/h3-6,8-10H,7H2,1-2H3,(H,18,19)/t10-/m1/s1. The molecule has 1 atom stereocenters. The van der Waals surface area contributed by atoms with Crippen LogP contribution in [0.1, 0.15) is 23.1 Å². The van der Waals surface area contributed by atoms with Gasteiger partial charge >= 0.3 is 0 Å². The van der Waals surface area contributed by atoms with Crippen LogP contribution in [0.2, 0.25) is 0 Å². The van der Waals surface area contributed by atoms with Gasteiger partial charge in [-0.1, -0.05) is 0 Å². The van der Waals surface area contributed by atoms with E-state index in [1.54, 1.807) is 44.0 Å². The zero-order valence-corrected chi connectivity index (χ0v) is 11.4. The molecular weight excluding hydrogens is 256 g/mol. The van der Waals surface area contributed by atoms with Crippen LogP contribution in [0.15, 0.2) is 36.9 Å².